The summed E-state index contributed by atoms with van der Waals surface area (Å²) in [6.45, 7) is 0.384. The lowest BCUT2D eigenvalue weighted by Gasteiger charge is -2.07. The summed E-state index contributed by atoms with van der Waals surface area (Å²) in [6, 6.07) is 8.00. The molecule has 0 unspecified atom stereocenters. The zero-order chi connectivity index (χ0) is 22.0. The highest BCUT2D eigenvalue weighted by Gasteiger charge is 2.19. The third-order valence-corrected chi connectivity index (χ3v) is 6.95. The minimum absolute atomic E-state index is 0.123. The van der Waals surface area contributed by atoms with Crippen molar-refractivity contribution in [3.8, 4) is 0 Å². The van der Waals surface area contributed by atoms with Crippen LogP contribution in [-0.4, -0.2) is 38.9 Å². The van der Waals surface area contributed by atoms with Crippen molar-refractivity contribution < 1.29 is 0 Å². The highest BCUT2D eigenvalue weighted by atomic mass is 32.1. The van der Waals surface area contributed by atoms with Gasteiger partial charge in [-0.05, 0) is 17.7 Å². The van der Waals surface area contributed by atoms with Crippen LogP contribution < -0.4 is 5.56 Å². The summed E-state index contributed by atoms with van der Waals surface area (Å²) in [6.07, 6.45) is 6.21. The number of aryl methyl sites for hydroxylation is 3. The normalized spacial score (nSPS) is 12.0. The number of thiazole rings is 1. The average Bonchev–Trinajstić information content (AvgIpc) is 3.52. The Kier molecular flexibility index (Phi) is 4.06. The molecule has 1 aromatic carbocycles. The zero-order valence-corrected chi connectivity index (χ0v) is 18.7. The number of benzene rings is 1. The van der Waals surface area contributed by atoms with E-state index in [2.05, 4.69) is 15.3 Å². The fourth-order valence-electron chi connectivity index (χ4n) is 4.27. The van der Waals surface area contributed by atoms with Gasteiger partial charge >= 0.3 is 0 Å². The second-order valence-corrected chi connectivity index (χ2v) is 9.05. The van der Waals surface area contributed by atoms with Crippen molar-refractivity contribution >= 4 is 43.5 Å². The van der Waals surface area contributed by atoms with Gasteiger partial charge in [0.15, 0.2) is 5.65 Å². The lowest BCUT2D eigenvalue weighted by Crippen LogP contribution is -2.24. The predicted octanol–water partition coefficient (Wildman–Crippen LogP) is 2.60. The first-order valence-electron chi connectivity index (χ1n) is 10.2. The molecular formula is C22H20N8OS. The van der Waals surface area contributed by atoms with Crippen molar-refractivity contribution in [1.29, 1.82) is 0 Å². The van der Waals surface area contributed by atoms with Crippen molar-refractivity contribution in [2.24, 2.45) is 21.1 Å². The van der Waals surface area contributed by atoms with Crippen molar-refractivity contribution in [2.75, 3.05) is 0 Å². The molecule has 6 aromatic rings. The minimum Gasteiger partial charge on any atom is -0.323 e. The first kappa shape index (κ1) is 18.9. The van der Waals surface area contributed by atoms with Gasteiger partial charge in [0.2, 0.25) is 0 Å². The number of hydrogen-bond acceptors (Lipinski definition) is 6. The Morgan fingerprint density at radius 2 is 1.88 bits per heavy atom. The molecule has 0 atom stereocenters. The monoisotopic (exact) mass is 444 g/mol. The van der Waals surface area contributed by atoms with Gasteiger partial charge in [-0.1, -0.05) is 12.1 Å². The SMILES string of the molecule is Cn1ccc(Cc2nc3c(s2)c2cnn(Cc4cccc5c4cnn5C)c(=O)c2n3C)n1. The molecule has 5 heterocycles. The number of rotatable bonds is 4. The molecule has 0 aliphatic carbocycles. The smallest absolute Gasteiger partial charge is 0.291 e. The maximum Gasteiger partial charge on any atom is 0.291 e. The number of nitrogens with zero attached hydrogens (tertiary/aromatic N) is 8. The van der Waals surface area contributed by atoms with E-state index in [1.165, 1.54) is 4.68 Å². The van der Waals surface area contributed by atoms with Gasteiger partial charge in [-0.3, -0.25) is 14.2 Å². The second-order valence-electron chi connectivity index (χ2n) is 7.96. The van der Waals surface area contributed by atoms with Crippen LogP contribution in [0.2, 0.25) is 0 Å². The summed E-state index contributed by atoms with van der Waals surface area (Å²) in [7, 11) is 5.71. The molecule has 0 spiro atoms. The van der Waals surface area contributed by atoms with E-state index >= 15 is 0 Å². The van der Waals surface area contributed by atoms with Crippen LogP contribution in [0.25, 0.3) is 32.2 Å². The van der Waals surface area contributed by atoms with Crippen LogP contribution in [0, 0.1) is 0 Å². The van der Waals surface area contributed by atoms with Crippen LogP contribution in [0.15, 0.2) is 47.7 Å². The topological polar surface area (TPSA) is 88.4 Å². The first-order chi connectivity index (χ1) is 15.5. The minimum atomic E-state index is -0.123. The van der Waals surface area contributed by atoms with Crippen LogP contribution >= 0.6 is 11.3 Å². The molecule has 0 bridgehead atoms. The van der Waals surface area contributed by atoms with E-state index in [0.717, 1.165) is 42.9 Å². The van der Waals surface area contributed by atoms with Crippen LogP contribution in [0.1, 0.15) is 16.3 Å². The summed E-state index contributed by atoms with van der Waals surface area (Å²) in [5.74, 6) is 0. The second kappa shape index (κ2) is 6.86. The van der Waals surface area contributed by atoms with E-state index in [1.54, 1.807) is 22.2 Å². The van der Waals surface area contributed by atoms with Crippen molar-refractivity contribution in [1.82, 2.24) is 38.9 Å². The lowest BCUT2D eigenvalue weighted by atomic mass is 10.1. The molecule has 9 nitrogen and oxygen atoms in total. The quantitative estimate of drug-likeness (QED) is 0.417. The van der Waals surface area contributed by atoms with Crippen LogP contribution in [0.3, 0.4) is 0 Å². The molecule has 0 amide bonds. The summed E-state index contributed by atoms with van der Waals surface area (Å²) >= 11 is 1.59. The Bertz CT molecular complexity index is 1700. The van der Waals surface area contributed by atoms with Gasteiger partial charge in [-0.2, -0.15) is 15.3 Å². The summed E-state index contributed by atoms with van der Waals surface area (Å²) < 4.78 is 8.00. The fourth-order valence-corrected chi connectivity index (χ4v) is 5.39. The van der Waals surface area contributed by atoms with Crippen molar-refractivity contribution in [3.63, 3.8) is 0 Å². The van der Waals surface area contributed by atoms with Gasteiger partial charge in [0, 0.05) is 44.5 Å². The fraction of sp³-hybridized carbons (Fsp3) is 0.227. The Balaban J connectivity index is 1.43. The summed E-state index contributed by atoms with van der Waals surface area (Å²) in [4.78, 5) is 18.2. The van der Waals surface area contributed by atoms with Crippen LogP contribution in [0.4, 0.5) is 0 Å². The predicted molar refractivity (Wildman–Crippen MR) is 124 cm³/mol. The van der Waals surface area contributed by atoms with Crippen molar-refractivity contribution in [3.05, 3.63) is 69.5 Å². The van der Waals surface area contributed by atoms with E-state index in [9.17, 15) is 4.79 Å². The molecule has 0 saturated heterocycles. The van der Waals surface area contributed by atoms with E-state index in [4.69, 9.17) is 4.98 Å². The Morgan fingerprint density at radius 3 is 2.69 bits per heavy atom. The molecule has 160 valence electrons. The van der Waals surface area contributed by atoms with Crippen LogP contribution in [0.5, 0.6) is 0 Å². The summed E-state index contributed by atoms with van der Waals surface area (Å²) in [5, 5.41) is 16.1. The molecule has 0 N–H and O–H groups in total. The van der Waals surface area contributed by atoms with Crippen molar-refractivity contribution in [2.45, 2.75) is 13.0 Å². The zero-order valence-electron chi connectivity index (χ0n) is 17.8. The maximum atomic E-state index is 13.4. The summed E-state index contributed by atoms with van der Waals surface area (Å²) in [5.41, 5.74) is 4.32. The Labute approximate surface area is 186 Å². The third kappa shape index (κ3) is 2.79. The van der Waals surface area contributed by atoms with Gasteiger partial charge in [0.05, 0.1) is 34.8 Å². The number of fused-ring (bicyclic) bond motifs is 4. The van der Waals surface area contributed by atoms with Gasteiger partial charge < -0.3 is 4.57 Å². The Morgan fingerprint density at radius 1 is 1.03 bits per heavy atom. The molecule has 0 aliphatic heterocycles. The molecule has 0 fully saturated rings. The molecule has 0 aliphatic rings. The first-order valence-corrected chi connectivity index (χ1v) is 11.0. The van der Waals surface area contributed by atoms with Crippen LogP contribution in [-0.2, 0) is 34.1 Å². The van der Waals surface area contributed by atoms with Gasteiger partial charge in [-0.15, -0.1) is 11.3 Å². The van der Waals surface area contributed by atoms with E-state index in [1.807, 2.05) is 67.1 Å². The third-order valence-electron chi connectivity index (χ3n) is 5.87. The Hall–Kier alpha value is -3.79. The largest absolute Gasteiger partial charge is 0.323 e. The van der Waals surface area contributed by atoms with Gasteiger partial charge in [-0.25, -0.2) is 9.67 Å². The van der Waals surface area contributed by atoms with E-state index in [0.29, 0.717) is 18.5 Å². The number of hydrogen-bond donors (Lipinski definition) is 0. The maximum absolute atomic E-state index is 13.4. The molecule has 6 rings (SSSR count). The van der Waals surface area contributed by atoms with E-state index < -0.39 is 0 Å². The molecule has 5 aromatic heterocycles. The lowest BCUT2D eigenvalue weighted by molar-refractivity contribution is 0.647. The standard InChI is InChI=1S/C22H20N8OS/c1-27-8-7-14(26-27)9-18-25-21-20(32-18)16-11-24-30(22(31)19(16)28(21)2)12-13-5-4-6-17-15(13)10-23-29(17)3/h4-8,10-11H,9,12H2,1-3H3. The average molecular weight is 445 g/mol. The van der Waals surface area contributed by atoms with Gasteiger partial charge in [0.25, 0.3) is 5.56 Å². The molecule has 0 radical (unpaired) electrons. The molecule has 32 heavy (non-hydrogen) atoms. The van der Waals surface area contributed by atoms with Gasteiger partial charge in [0.1, 0.15) is 10.5 Å². The highest BCUT2D eigenvalue weighted by molar-refractivity contribution is 7.19. The molecule has 0 saturated carbocycles. The van der Waals surface area contributed by atoms with E-state index in [-0.39, 0.29) is 5.56 Å². The number of aromatic nitrogens is 8. The molecular weight excluding hydrogens is 424 g/mol. The molecule has 10 heteroatoms. The highest BCUT2D eigenvalue weighted by Crippen LogP contribution is 2.31.